The molecule has 0 saturated heterocycles. The quantitative estimate of drug-likeness (QED) is 0.433. The number of aliphatic hydroxyl groups excluding tert-OH is 1. The van der Waals surface area contributed by atoms with E-state index in [1.165, 1.54) is 0 Å². The monoisotopic (exact) mass is 132 g/mol. The van der Waals surface area contributed by atoms with Crippen LogP contribution in [0.15, 0.2) is 0 Å². The molecule has 0 heterocycles. The zero-order chi connectivity index (χ0) is 7.28. The summed E-state index contributed by atoms with van der Waals surface area (Å²) in [6.45, 7) is 2.24. The molecule has 9 heavy (non-hydrogen) atoms. The zero-order valence-corrected chi connectivity index (χ0v) is 5.42. The number of nitrogens with two attached hydrogens (primary N) is 1. The third-order valence-electron chi connectivity index (χ3n) is 0.977. The maximum absolute atomic E-state index is 10.3. The molecule has 1 unspecified atom stereocenters. The molecule has 4 nitrogen and oxygen atoms in total. The maximum atomic E-state index is 10.3. The largest absolute Gasteiger partial charge is 0.394 e. The van der Waals surface area contributed by atoms with Crippen molar-refractivity contribution in [3.63, 3.8) is 0 Å². The standard InChI is InChI=1S/C5H12N2O2/c1-2-7-4(3-8)5(6)9/h4,7-8H,2-3H2,1H3,(H2,6,9). The number of hydrogen-bond donors (Lipinski definition) is 3. The van der Waals surface area contributed by atoms with Gasteiger partial charge < -0.3 is 16.2 Å². The number of rotatable bonds is 4. The van der Waals surface area contributed by atoms with Crippen LogP contribution in [-0.2, 0) is 4.79 Å². The average molecular weight is 132 g/mol. The lowest BCUT2D eigenvalue weighted by atomic mass is 10.3. The summed E-state index contributed by atoms with van der Waals surface area (Å²) in [6.07, 6.45) is 0. The number of carbonyl (C=O) groups is 1. The molecular weight excluding hydrogens is 120 g/mol. The predicted molar refractivity (Wildman–Crippen MR) is 33.7 cm³/mol. The first-order valence-electron chi connectivity index (χ1n) is 2.86. The lowest BCUT2D eigenvalue weighted by Crippen LogP contribution is -2.43. The first-order valence-corrected chi connectivity index (χ1v) is 2.86. The molecule has 1 amide bonds. The van der Waals surface area contributed by atoms with Gasteiger partial charge in [0.25, 0.3) is 0 Å². The van der Waals surface area contributed by atoms with Crippen LogP contribution in [-0.4, -0.2) is 30.2 Å². The smallest absolute Gasteiger partial charge is 0.236 e. The summed E-state index contributed by atoms with van der Waals surface area (Å²) in [5.41, 5.74) is 4.87. The highest BCUT2D eigenvalue weighted by molar-refractivity contribution is 5.79. The lowest BCUT2D eigenvalue weighted by Gasteiger charge is -2.08. The summed E-state index contributed by atoms with van der Waals surface area (Å²) in [6, 6.07) is -0.588. The highest BCUT2D eigenvalue weighted by atomic mass is 16.3. The molecule has 0 aliphatic carbocycles. The van der Waals surface area contributed by atoms with Gasteiger partial charge in [0.05, 0.1) is 6.61 Å². The van der Waals surface area contributed by atoms with E-state index >= 15 is 0 Å². The van der Waals surface area contributed by atoms with Crippen LogP contribution in [0.25, 0.3) is 0 Å². The number of primary amides is 1. The van der Waals surface area contributed by atoms with Crippen molar-refractivity contribution >= 4 is 5.91 Å². The summed E-state index contributed by atoms with van der Waals surface area (Å²) in [5, 5.41) is 11.2. The SMILES string of the molecule is CCNC(CO)C(N)=O. The van der Waals surface area contributed by atoms with Gasteiger partial charge >= 0.3 is 0 Å². The molecule has 0 aromatic carbocycles. The average Bonchev–Trinajstić information content (AvgIpc) is 1.82. The summed E-state index contributed by atoms with van der Waals surface area (Å²) >= 11 is 0. The topological polar surface area (TPSA) is 75.3 Å². The molecule has 0 aromatic rings. The van der Waals surface area contributed by atoms with E-state index in [0.29, 0.717) is 6.54 Å². The van der Waals surface area contributed by atoms with Crippen LogP contribution in [0.3, 0.4) is 0 Å². The molecule has 1 atom stereocenters. The Morgan fingerprint density at radius 1 is 1.89 bits per heavy atom. The fourth-order valence-electron chi connectivity index (χ4n) is 0.502. The molecule has 4 heteroatoms. The maximum Gasteiger partial charge on any atom is 0.236 e. The van der Waals surface area contributed by atoms with E-state index in [4.69, 9.17) is 10.8 Å². The van der Waals surface area contributed by atoms with E-state index in [1.807, 2.05) is 6.92 Å². The number of carbonyl (C=O) groups excluding carboxylic acids is 1. The molecule has 4 N–H and O–H groups in total. The van der Waals surface area contributed by atoms with Crippen LogP contribution in [0.1, 0.15) is 6.92 Å². The van der Waals surface area contributed by atoms with E-state index in [9.17, 15) is 4.79 Å². The van der Waals surface area contributed by atoms with Crippen molar-refractivity contribution in [3.05, 3.63) is 0 Å². The van der Waals surface area contributed by atoms with Crippen molar-refractivity contribution in [3.8, 4) is 0 Å². The Balaban J connectivity index is 3.54. The first-order chi connectivity index (χ1) is 4.22. The van der Waals surface area contributed by atoms with Crippen LogP contribution in [0.5, 0.6) is 0 Å². The van der Waals surface area contributed by atoms with Gasteiger partial charge in [-0.25, -0.2) is 0 Å². The predicted octanol–water partition coefficient (Wildman–Crippen LogP) is -1.56. The van der Waals surface area contributed by atoms with Gasteiger partial charge in [0.2, 0.25) is 5.91 Å². The second-order valence-corrected chi connectivity index (χ2v) is 1.70. The molecule has 0 bridgehead atoms. The van der Waals surface area contributed by atoms with Crippen LogP contribution < -0.4 is 11.1 Å². The van der Waals surface area contributed by atoms with Crippen molar-refractivity contribution in [1.29, 1.82) is 0 Å². The van der Waals surface area contributed by atoms with Crippen molar-refractivity contribution < 1.29 is 9.90 Å². The Kier molecular flexibility index (Phi) is 4.00. The molecule has 0 spiro atoms. The molecule has 0 radical (unpaired) electrons. The number of likely N-dealkylation sites (N-methyl/N-ethyl adjacent to an activating group) is 1. The number of amides is 1. The third-order valence-corrected chi connectivity index (χ3v) is 0.977. The molecule has 0 saturated carbocycles. The molecule has 54 valence electrons. The third kappa shape index (κ3) is 3.05. The van der Waals surface area contributed by atoms with Gasteiger partial charge in [-0.1, -0.05) is 6.92 Å². The summed E-state index contributed by atoms with van der Waals surface area (Å²) in [4.78, 5) is 10.3. The van der Waals surface area contributed by atoms with Crippen LogP contribution in [0.2, 0.25) is 0 Å². The second-order valence-electron chi connectivity index (χ2n) is 1.70. The van der Waals surface area contributed by atoms with Gasteiger partial charge in [-0.3, -0.25) is 4.79 Å². The minimum absolute atomic E-state index is 0.233. The van der Waals surface area contributed by atoms with Gasteiger partial charge in [0, 0.05) is 0 Å². The Hall–Kier alpha value is -0.610. The molecule has 0 aromatic heterocycles. The highest BCUT2D eigenvalue weighted by Gasteiger charge is 2.10. The van der Waals surface area contributed by atoms with Crippen LogP contribution in [0, 0.1) is 0 Å². The van der Waals surface area contributed by atoms with Gasteiger partial charge in [-0.15, -0.1) is 0 Å². The van der Waals surface area contributed by atoms with Crippen molar-refractivity contribution in [2.24, 2.45) is 5.73 Å². The fourth-order valence-corrected chi connectivity index (χ4v) is 0.502. The van der Waals surface area contributed by atoms with Gasteiger partial charge in [0.15, 0.2) is 0 Å². The Bertz CT molecular complexity index is 95.0. The van der Waals surface area contributed by atoms with E-state index < -0.39 is 11.9 Å². The summed E-state index contributed by atoms with van der Waals surface area (Å²) < 4.78 is 0. The highest BCUT2D eigenvalue weighted by Crippen LogP contribution is 1.76. The van der Waals surface area contributed by atoms with Crippen LogP contribution >= 0.6 is 0 Å². The Morgan fingerprint density at radius 3 is 2.56 bits per heavy atom. The number of hydrogen-bond acceptors (Lipinski definition) is 3. The Labute approximate surface area is 54.0 Å². The number of aliphatic hydroxyl groups is 1. The van der Waals surface area contributed by atoms with Crippen LogP contribution in [0.4, 0.5) is 0 Å². The molecule has 0 aliphatic heterocycles. The minimum Gasteiger partial charge on any atom is -0.394 e. The minimum atomic E-state index is -0.588. The van der Waals surface area contributed by atoms with Crippen molar-refractivity contribution in [1.82, 2.24) is 5.32 Å². The Morgan fingerprint density at radius 2 is 2.44 bits per heavy atom. The van der Waals surface area contributed by atoms with Crippen molar-refractivity contribution in [2.75, 3.05) is 13.2 Å². The molecule has 0 aliphatic rings. The van der Waals surface area contributed by atoms with Crippen molar-refractivity contribution in [2.45, 2.75) is 13.0 Å². The summed E-state index contributed by atoms with van der Waals surface area (Å²) in [5.74, 6) is -0.514. The molecule has 0 fully saturated rings. The second kappa shape index (κ2) is 4.29. The molecular formula is C5H12N2O2. The zero-order valence-electron chi connectivity index (χ0n) is 5.42. The normalized spacial score (nSPS) is 13.1. The van der Waals surface area contributed by atoms with E-state index in [-0.39, 0.29) is 6.61 Å². The van der Waals surface area contributed by atoms with E-state index in [0.717, 1.165) is 0 Å². The summed E-state index contributed by atoms with van der Waals surface area (Å²) in [7, 11) is 0. The van der Waals surface area contributed by atoms with Gasteiger partial charge in [-0.2, -0.15) is 0 Å². The fraction of sp³-hybridized carbons (Fsp3) is 0.800. The van der Waals surface area contributed by atoms with Gasteiger partial charge in [0.1, 0.15) is 6.04 Å². The van der Waals surface area contributed by atoms with E-state index in [2.05, 4.69) is 5.32 Å². The first kappa shape index (κ1) is 8.39. The lowest BCUT2D eigenvalue weighted by molar-refractivity contribution is -0.120. The number of nitrogens with one attached hydrogen (secondary N) is 1. The van der Waals surface area contributed by atoms with Gasteiger partial charge in [-0.05, 0) is 6.54 Å². The molecule has 0 rings (SSSR count). The van der Waals surface area contributed by atoms with E-state index in [1.54, 1.807) is 0 Å².